The van der Waals surface area contributed by atoms with E-state index >= 15 is 0 Å². The van der Waals surface area contributed by atoms with E-state index in [1.54, 1.807) is 0 Å². The lowest BCUT2D eigenvalue weighted by molar-refractivity contribution is -0.127. The Hall–Kier alpha value is -1.50. The molecule has 1 saturated carbocycles. The lowest BCUT2D eigenvalue weighted by atomic mass is 9.82. The fourth-order valence-electron chi connectivity index (χ4n) is 2.40. The molecule has 1 aromatic heterocycles. The molecule has 7 heteroatoms. The zero-order valence-electron chi connectivity index (χ0n) is 10.6. The largest absolute Gasteiger partial charge is 0.347 e. The molecule has 1 aliphatic carbocycles. The number of alkyl halides is 2. The van der Waals surface area contributed by atoms with Crippen molar-refractivity contribution >= 4 is 5.91 Å². The first kappa shape index (κ1) is 13.9. The third-order valence-electron chi connectivity index (χ3n) is 3.56. The van der Waals surface area contributed by atoms with Crippen molar-refractivity contribution < 1.29 is 13.6 Å². The molecule has 2 rings (SSSR count). The molecular formula is C12H18F2N4O. The zero-order valence-corrected chi connectivity index (χ0v) is 10.6. The van der Waals surface area contributed by atoms with Crippen LogP contribution in [0, 0.1) is 0 Å². The van der Waals surface area contributed by atoms with Gasteiger partial charge in [-0.25, -0.2) is 4.98 Å². The Morgan fingerprint density at radius 1 is 1.47 bits per heavy atom. The number of carbonyl (C=O) groups excluding carboxylic acids is 1. The maximum atomic E-state index is 12.6. The highest BCUT2D eigenvalue weighted by Crippen LogP contribution is 2.26. The Labute approximate surface area is 110 Å². The van der Waals surface area contributed by atoms with E-state index in [1.807, 2.05) is 0 Å². The molecule has 0 aromatic carbocycles. The van der Waals surface area contributed by atoms with Crippen molar-refractivity contribution in [2.45, 2.75) is 50.7 Å². The molecule has 0 saturated heterocycles. The predicted molar refractivity (Wildman–Crippen MR) is 65.3 cm³/mol. The van der Waals surface area contributed by atoms with Crippen molar-refractivity contribution in [3.63, 3.8) is 0 Å². The molecule has 0 atom stereocenters. The van der Waals surface area contributed by atoms with Crippen LogP contribution in [0.5, 0.6) is 0 Å². The van der Waals surface area contributed by atoms with Gasteiger partial charge in [0.2, 0.25) is 5.91 Å². The quantitative estimate of drug-likeness (QED) is 0.873. The molecule has 0 aliphatic heterocycles. The van der Waals surface area contributed by atoms with Gasteiger partial charge in [-0.15, -0.1) is 0 Å². The minimum Gasteiger partial charge on any atom is -0.347 e. The third kappa shape index (κ3) is 3.09. The monoisotopic (exact) mass is 272 g/mol. The van der Waals surface area contributed by atoms with Gasteiger partial charge in [0.1, 0.15) is 5.82 Å². The third-order valence-corrected chi connectivity index (χ3v) is 3.56. The lowest BCUT2D eigenvalue weighted by Crippen LogP contribution is -2.54. The average molecular weight is 272 g/mol. The average Bonchev–Trinajstić information content (AvgIpc) is 2.85. The number of nitrogens with zero attached hydrogens (tertiary/aromatic N) is 2. The van der Waals surface area contributed by atoms with E-state index in [0.29, 0.717) is 12.8 Å². The maximum Gasteiger partial charge on any atom is 0.319 e. The molecule has 0 bridgehead atoms. The first-order valence-electron chi connectivity index (χ1n) is 6.40. The van der Waals surface area contributed by atoms with Crippen LogP contribution in [0.1, 0.15) is 44.5 Å². The number of carbonyl (C=O) groups is 1. The number of halogens is 2. The highest BCUT2D eigenvalue weighted by Gasteiger charge is 2.35. The van der Waals surface area contributed by atoms with Crippen molar-refractivity contribution in [1.29, 1.82) is 0 Å². The number of nitrogens with one attached hydrogen (secondary N) is 1. The molecular weight excluding hydrogens is 254 g/mol. The smallest absolute Gasteiger partial charge is 0.319 e. The molecule has 0 spiro atoms. The standard InChI is InChI=1S/C12H18F2N4O/c13-11(14)18-7-6-16-9(18)8-17-10(19)12(15)4-2-1-3-5-12/h6-7,11H,1-5,8,15H2,(H,17,19). The van der Waals surface area contributed by atoms with Crippen molar-refractivity contribution in [1.82, 2.24) is 14.9 Å². The van der Waals surface area contributed by atoms with Crippen molar-refractivity contribution in [3.05, 3.63) is 18.2 Å². The molecule has 106 valence electrons. The molecule has 1 aliphatic rings. The van der Waals surface area contributed by atoms with Gasteiger partial charge in [-0.2, -0.15) is 8.78 Å². The summed E-state index contributed by atoms with van der Waals surface area (Å²) >= 11 is 0. The SMILES string of the molecule is NC1(C(=O)NCc2nccn2C(F)F)CCCCC1. The lowest BCUT2D eigenvalue weighted by Gasteiger charge is -2.31. The highest BCUT2D eigenvalue weighted by atomic mass is 19.3. The molecule has 3 N–H and O–H groups in total. The second kappa shape index (κ2) is 5.64. The van der Waals surface area contributed by atoms with Gasteiger partial charge in [-0.3, -0.25) is 9.36 Å². The maximum absolute atomic E-state index is 12.6. The Morgan fingerprint density at radius 3 is 2.79 bits per heavy atom. The van der Waals surface area contributed by atoms with E-state index in [-0.39, 0.29) is 18.3 Å². The van der Waals surface area contributed by atoms with Crippen LogP contribution < -0.4 is 11.1 Å². The van der Waals surface area contributed by atoms with Crippen LogP contribution in [-0.4, -0.2) is 21.0 Å². The molecule has 5 nitrogen and oxygen atoms in total. The van der Waals surface area contributed by atoms with Gasteiger partial charge in [0.25, 0.3) is 0 Å². The van der Waals surface area contributed by atoms with Gasteiger partial charge in [0, 0.05) is 12.4 Å². The predicted octanol–water partition coefficient (Wildman–Crippen LogP) is 1.56. The van der Waals surface area contributed by atoms with Gasteiger partial charge in [-0.1, -0.05) is 19.3 Å². The summed E-state index contributed by atoms with van der Waals surface area (Å²) in [4.78, 5) is 15.8. The van der Waals surface area contributed by atoms with Crippen LogP contribution in [-0.2, 0) is 11.3 Å². The number of rotatable bonds is 4. The Balaban J connectivity index is 1.94. The van der Waals surface area contributed by atoms with Crippen molar-refractivity contribution in [2.75, 3.05) is 0 Å². The molecule has 0 radical (unpaired) electrons. The number of amides is 1. The van der Waals surface area contributed by atoms with Crippen molar-refractivity contribution in [2.24, 2.45) is 5.73 Å². The second-order valence-corrected chi connectivity index (χ2v) is 4.93. The van der Waals surface area contributed by atoms with Gasteiger partial charge in [0.05, 0.1) is 12.1 Å². The van der Waals surface area contributed by atoms with Gasteiger partial charge in [-0.05, 0) is 12.8 Å². The number of aromatic nitrogens is 2. The van der Waals surface area contributed by atoms with E-state index in [0.717, 1.165) is 23.8 Å². The number of nitrogens with two attached hydrogens (primary N) is 1. The molecule has 19 heavy (non-hydrogen) atoms. The molecule has 0 unspecified atom stereocenters. The minimum atomic E-state index is -2.66. The summed E-state index contributed by atoms with van der Waals surface area (Å²) in [7, 11) is 0. The van der Waals surface area contributed by atoms with E-state index in [1.165, 1.54) is 12.4 Å². The zero-order chi connectivity index (χ0) is 13.9. The van der Waals surface area contributed by atoms with Crippen LogP contribution in [0.2, 0.25) is 0 Å². The van der Waals surface area contributed by atoms with Crippen LogP contribution in [0.3, 0.4) is 0 Å². The number of imidazole rings is 1. The second-order valence-electron chi connectivity index (χ2n) is 4.93. The summed E-state index contributed by atoms with van der Waals surface area (Å²) in [5, 5.41) is 2.61. The van der Waals surface area contributed by atoms with Crippen LogP contribution in [0.15, 0.2) is 12.4 Å². The van der Waals surface area contributed by atoms with Gasteiger partial charge in [0.15, 0.2) is 0 Å². The van der Waals surface area contributed by atoms with Gasteiger partial charge >= 0.3 is 6.55 Å². The van der Waals surface area contributed by atoms with Crippen LogP contribution >= 0.6 is 0 Å². The minimum absolute atomic E-state index is 0.0326. The van der Waals surface area contributed by atoms with Crippen LogP contribution in [0.25, 0.3) is 0 Å². The molecule has 1 aromatic rings. The van der Waals surface area contributed by atoms with E-state index in [9.17, 15) is 13.6 Å². The summed E-state index contributed by atoms with van der Waals surface area (Å²) in [6, 6.07) is 0. The highest BCUT2D eigenvalue weighted by molar-refractivity contribution is 5.86. The summed E-state index contributed by atoms with van der Waals surface area (Å²) in [5.74, 6) is -0.154. The summed E-state index contributed by atoms with van der Waals surface area (Å²) in [6.45, 7) is -2.69. The van der Waals surface area contributed by atoms with E-state index in [2.05, 4.69) is 10.3 Å². The molecule has 1 heterocycles. The molecule has 1 fully saturated rings. The fourth-order valence-corrected chi connectivity index (χ4v) is 2.40. The number of hydrogen-bond acceptors (Lipinski definition) is 3. The molecule has 1 amide bonds. The first-order valence-corrected chi connectivity index (χ1v) is 6.40. The van der Waals surface area contributed by atoms with Crippen LogP contribution in [0.4, 0.5) is 8.78 Å². The van der Waals surface area contributed by atoms with Crippen molar-refractivity contribution in [3.8, 4) is 0 Å². The Kier molecular flexibility index (Phi) is 4.14. The fraction of sp³-hybridized carbons (Fsp3) is 0.667. The summed E-state index contributed by atoms with van der Waals surface area (Å²) in [5.41, 5.74) is 5.19. The van der Waals surface area contributed by atoms with E-state index in [4.69, 9.17) is 5.73 Å². The first-order chi connectivity index (χ1) is 9.03. The summed E-state index contributed by atoms with van der Waals surface area (Å²) < 4.78 is 25.9. The topological polar surface area (TPSA) is 72.9 Å². The number of hydrogen-bond donors (Lipinski definition) is 2. The van der Waals surface area contributed by atoms with E-state index < -0.39 is 12.1 Å². The Morgan fingerprint density at radius 2 is 2.16 bits per heavy atom. The normalized spacial score (nSPS) is 18.5. The Bertz CT molecular complexity index is 441. The van der Waals surface area contributed by atoms with Gasteiger partial charge < -0.3 is 11.1 Å². The summed E-state index contributed by atoms with van der Waals surface area (Å²) in [6.07, 6.45) is 6.69.